The zero-order valence-corrected chi connectivity index (χ0v) is 35.5. The van der Waals surface area contributed by atoms with Crippen LogP contribution >= 0.6 is 0 Å². The van der Waals surface area contributed by atoms with Gasteiger partial charge in [0, 0.05) is 48.8 Å². The van der Waals surface area contributed by atoms with Gasteiger partial charge in [0.1, 0.15) is 6.04 Å². The number of nitrogens with zero attached hydrogens (tertiary/aromatic N) is 5. The quantitative estimate of drug-likeness (QED) is 0.0430. The first-order valence-corrected chi connectivity index (χ1v) is 19.5. The van der Waals surface area contributed by atoms with Crippen molar-refractivity contribution in [2.45, 2.75) is 65.1 Å². The van der Waals surface area contributed by atoms with Crippen molar-refractivity contribution in [3.05, 3.63) is 64.2 Å². The van der Waals surface area contributed by atoms with E-state index in [0.29, 0.717) is 4.90 Å². The van der Waals surface area contributed by atoms with Crippen molar-refractivity contribution in [1.82, 2.24) is 40.8 Å². The van der Waals surface area contributed by atoms with Gasteiger partial charge in [0.05, 0.1) is 38.8 Å². The summed E-state index contributed by atoms with van der Waals surface area (Å²) in [5.41, 5.74) is -2.19. The van der Waals surface area contributed by atoms with Crippen LogP contribution in [-0.4, -0.2) is 130 Å². The molecule has 0 aliphatic carbocycles. The monoisotopic (exact) mass is 918 g/mol. The first kappa shape index (κ1) is 50.3. The van der Waals surface area contributed by atoms with Gasteiger partial charge in [-0.3, -0.25) is 48.8 Å². The number of benzene rings is 1. The Labute approximate surface area is 366 Å². The van der Waals surface area contributed by atoms with Crippen molar-refractivity contribution in [2.24, 2.45) is 5.92 Å². The Morgan fingerprint density at radius 1 is 0.908 bits per heavy atom. The third-order valence-electron chi connectivity index (χ3n) is 8.85. The van der Waals surface area contributed by atoms with Crippen molar-refractivity contribution in [3.8, 4) is 0 Å². The van der Waals surface area contributed by atoms with Crippen molar-refractivity contribution >= 4 is 70.3 Å². The number of rotatable bonds is 21. The summed E-state index contributed by atoms with van der Waals surface area (Å²) < 4.78 is 62.1. The van der Waals surface area contributed by atoms with Crippen molar-refractivity contribution in [2.75, 3.05) is 50.4 Å². The Balaban J connectivity index is 1.27. The minimum atomic E-state index is -5.36. The summed E-state index contributed by atoms with van der Waals surface area (Å²) in [6.07, 6.45) is -3.64. The summed E-state index contributed by atoms with van der Waals surface area (Å²) in [6, 6.07) is 2.93. The zero-order valence-electron chi connectivity index (χ0n) is 35.5. The highest BCUT2D eigenvalue weighted by Gasteiger charge is 2.43. The van der Waals surface area contributed by atoms with Crippen LogP contribution in [0.2, 0.25) is 0 Å². The van der Waals surface area contributed by atoms with E-state index in [4.69, 9.17) is 18.9 Å². The number of nitrogens with one attached hydrogen (secondary N) is 5. The van der Waals surface area contributed by atoms with Crippen LogP contribution in [0.25, 0.3) is 11.2 Å². The Morgan fingerprint density at radius 2 is 1.54 bits per heavy atom. The molecule has 65 heavy (non-hydrogen) atoms. The number of alkyl carbamates (subject to hydrolysis) is 1. The smallest absolute Gasteiger partial charge is 0.467 e. The molecule has 1 aliphatic heterocycles. The van der Waals surface area contributed by atoms with Gasteiger partial charge in [-0.25, -0.2) is 24.5 Å². The van der Waals surface area contributed by atoms with Crippen LogP contribution in [-0.2, 0) is 54.3 Å². The zero-order chi connectivity index (χ0) is 48.1. The van der Waals surface area contributed by atoms with Crippen LogP contribution < -0.4 is 31.7 Å². The van der Waals surface area contributed by atoms with Gasteiger partial charge in [0.15, 0.2) is 23.7 Å². The number of ether oxygens (including phenoxy) is 4. The van der Waals surface area contributed by atoms with E-state index in [-0.39, 0.29) is 73.2 Å². The van der Waals surface area contributed by atoms with E-state index in [1.54, 1.807) is 27.7 Å². The van der Waals surface area contributed by atoms with Crippen LogP contribution in [0.1, 0.15) is 56.6 Å². The number of imide groups is 1. The highest BCUT2D eigenvalue weighted by Crippen LogP contribution is 2.26. The number of amides is 7. The van der Waals surface area contributed by atoms with E-state index in [1.807, 2.05) is 0 Å². The summed E-state index contributed by atoms with van der Waals surface area (Å²) >= 11 is 0. The van der Waals surface area contributed by atoms with Crippen LogP contribution in [0.3, 0.4) is 0 Å². The molecule has 23 nitrogen and oxygen atoms in total. The molecule has 0 radical (unpaired) electrons. The van der Waals surface area contributed by atoms with E-state index < -0.39 is 90.3 Å². The molecular formula is C39H45F3N10O13. The lowest BCUT2D eigenvalue weighted by atomic mass is 10.1. The van der Waals surface area contributed by atoms with Crippen molar-refractivity contribution in [3.63, 3.8) is 0 Å². The van der Waals surface area contributed by atoms with Crippen molar-refractivity contribution < 1.29 is 70.5 Å². The average Bonchev–Trinajstić information content (AvgIpc) is 3.58. The molecule has 0 bridgehead atoms. The molecule has 1 atom stereocenters. The van der Waals surface area contributed by atoms with Gasteiger partial charge in [-0.15, -0.1) is 0 Å². The standard InChI is InChI=1S/C39H45F3N10O13/c1-21(2)31(56)49-36-48-30-29(33(58)50-36)46-23(18-45-30)19-51(35(60)39(40,41)42)24-8-6-22(7-9-24)32(57)47-25(34(59)62-5)10-11-26(53)43-14-16-64-38(3,4)65-17-15-44-37(61)63-20-52-27(54)12-13-28(52)55/h6-9,12-13,18,21,25H,10-11,14-17,19-20H2,1-5H3,(H,43,53)(H,44,61)(H,47,57)(H2,45,48,49,50,56,58)/t25-/m0/s1. The van der Waals surface area contributed by atoms with Gasteiger partial charge < -0.3 is 34.9 Å². The number of methoxy groups -OCH3 is 1. The third-order valence-corrected chi connectivity index (χ3v) is 8.85. The minimum absolute atomic E-state index is 0.00921. The molecule has 26 heteroatoms. The number of carbonyl (C=O) groups is 8. The maximum Gasteiger partial charge on any atom is 0.471 e. The molecule has 1 aliphatic rings. The van der Waals surface area contributed by atoms with E-state index >= 15 is 0 Å². The lowest BCUT2D eigenvalue weighted by Crippen LogP contribution is -2.42. The number of aromatic nitrogens is 4. The average molecular weight is 919 g/mol. The minimum Gasteiger partial charge on any atom is -0.467 e. The number of anilines is 2. The van der Waals surface area contributed by atoms with Crippen LogP contribution in [0, 0.1) is 5.92 Å². The molecule has 0 unspecified atom stereocenters. The Bertz CT molecular complexity index is 2350. The summed E-state index contributed by atoms with van der Waals surface area (Å²) in [4.78, 5) is 126. The highest BCUT2D eigenvalue weighted by molar-refractivity contribution is 6.12. The van der Waals surface area contributed by atoms with Gasteiger partial charge in [-0.1, -0.05) is 13.8 Å². The normalized spacial score (nSPS) is 13.1. The molecule has 5 N–H and O–H groups in total. The first-order valence-electron chi connectivity index (χ1n) is 19.5. The van der Waals surface area contributed by atoms with E-state index in [0.717, 1.165) is 54.6 Å². The molecule has 0 saturated carbocycles. The summed E-state index contributed by atoms with van der Waals surface area (Å²) in [5, 5.41) is 9.79. The number of H-pyrrole nitrogens is 1. The van der Waals surface area contributed by atoms with E-state index in [2.05, 4.69) is 41.2 Å². The largest absolute Gasteiger partial charge is 0.471 e. The predicted molar refractivity (Wildman–Crippen MR) is 217 cm³/mol. The van der Waals surface area contributed by atoms with Gasteiger partial charge in [-0.2, -0.15) is 18.2 Å². The molecule has 4 rings (SSSR count). The van der Waals surface area contributed by atoms with E-state index in [1.165, 1.54) is 0 Å². The Hall–Kier alpha value is -7.35. The van der Waals surface area contributed by atoms with Gasteiger partial charge >= 0.3 is 24.1 Å². The number of alkyl halides is 3. The molecule has 3 aromatic rings. The molecule has 0 fully saturated rings. The number of fused-ring (bicyclic) bond motifs is 1. The highest BCUT2D eigenvalue weighted by atomic mass is 19.4. The topological polar surface area (TPSA) is 300 Å². The number of hydrogen-bond acceptors (Lipinski definition) is 16. The van der Waals surface area contributed by atoms with Gasteiger partial charge in [0.25, 0.3) is 23.3 Å². The summed E-state index contributed by atoms with van der Waals surface area (Å²) in [7, 11) is 1.06. The second kappa shape index (κ2) is 22.3. The number of hydrogen-bond donors (Lipinski definition) is 5. The first-order chi connectivity index (χ1) is 30.6. The van der Waals surface area contributed by atoms with Crippen LogP contribution in [0.15, 0.2) is 47.4 Å². The molecule has 3 heterocycles. The fourth-order valence-electron chi connectivity index (χ4n) is 5.45. The predicted octanol–water partition coefficient (Wildman–Crippen LogP) is 0.949. The van der Waals surface area contributed by atoms with Crippen molar-refractivity contribution in [1.29, 1.82) is 0 Å². The third kappa shape index (κ3) is 14.9. The second-order valence-corrected chi connectivity index (χ2v) is 14.5. The van der Waals surface area contributed by atoms with Crippen LogP contribution in [0.4, 0.5) is 29.6 Å². The molecule has 1 aromatic carbocycles. The SMILES string of the molecule is COC(=O)[C@H](CCC(=O)NCCOC(C)(C)OCCNC(=O)OCN1C(=O)C=CC1=O)NC(=O)c1ccc(N(Cc2cnc3nc(NC(=O)C(C)C)[nH]c(=O)c3n2)C(=O)C(F)(F)F)cc1. The lowest BCUT2D eigenvalue weighted by Gasteiger charge is -2.26. The maximum atomic E-state index is 13.8. The molecule has 0 spiro atoms. The number of carbonyl (C=O) groups excluding carboxylic acids is 8. The van der Waals surface area contributed by atoms with Gasteiger partial charge in [-0.05, 0) is 44.5 Å². The Morgan fingerprint density at radius 3 is 2.14 bits per heavy atom. The number of halogens is 3. The summed E-state index contributed by atoms with van der Waals surface area (Å²) in [6.45, 7) is 4.96. The molecule has 350 valence electrons. The molecule has 2 aromatic heterocycles. The van der Waals surface area contributed by atoms with E-state index in [9.17, 15) is 56.3 Å². The second-order valence-electron chi connectivity index (χ2n) is 14.5. The van der Waals surface area contributed by atoms with Gasteiger partial charge in [0.2, 0.25) is 17.8 Å². The Kier molecular flexibility index (Phi) is 17.3. The summed E-state index contributed by atoms with van der Waals surface area (Å²) in [5.74, 6) is -8.10. The fourth-order valence-corrected chi connectivity index (χ4v) is 5.45. The lowest BCUT2D eigenvalue weighted by molar-refractivity contribution is -0.211. The molecule has 0 saturated heterocycles. The number of aromatic amines is 1. The molecular weight excluding hydrogens is 873 g/mol. The number of esters is 1. The molecule has 7 amide bonds. The fraction of sp³-hybridized carbons (Fsp3) is 0.436. The van der Waals surface area contributed by atoms with Crippen LogP contribution in [0.5, 0.6) is 0 Å². The maximum absolute atomic E-state index is 13.8.